The van der Waals surface area contributed by atoms with Gasteiger partial charge >= 0.3 is 0 Å². The molecule has 0 spiro atoms. The summed E-state index contributed by atoms with van der Waals surface area (Å²) in [4.78, 5) is 0. The average molecular weight is 241 g/mol. The molecule has 0 aliphatic carbocycles. The van der Waals surface area contributed by atoms with Gasteiger partial charge in [0.05, 0.1) is 7.11 Å². The first kappa shape index (κ1) is 12.3. The van der Waals surface area contributed by atoms with Crippen LogP contribution in [0.15, 0.2) is 18.2 Å². The van der Waals surface area contributed by atoms with Crippen molar-refractivity contribution in [1.82, 2.24) is 5.32 Å². The van der Waals surface area contributed by atoms with Crippen LogP contribution in [0.25, 0.3) is 0 Å². The third-order valence-corrected chi connectivity index (χ3v) is 3.29. The summed E-state index contributed by atoms with van der Waals surface area (Å²) in [5, 5.41) is 3.19. The van der Waals surface area contributed by atoms with Crippen molar-refractivity contribution in [2.24, 2.45) is 5.92 Å². The zero-order valence-electron chi connectivity index (χ0n) is 9.88. The Kier molecular flexibility index (Phi) is 3.94. The number of ether oxygens (including phenoxy) is 1. The van der Waals surface area contributed by atoms with Crippen molar-refractivity contribution in [2.75, 3.05) is 20.2 Å². The van der Waals surface area contributed by atoms with Crippen molar-refractivity contribution in [3.05, 3.63) is 29.6 Å². The van der Waals surface area contributed by atoms with Gasteiger partial charge in [0.15, 0.2) is 11.6 Å². The van der Waals surface area contributed by atoms with E-state index in [1.807, 2.05) is 0 Å². The van der Waals surface area contributed by atoms with E-state index in [0.717, 1.165) is 25.9 Å². The molecule has 0 bridgehead atoms. The highest BCUT2D eigenvalue weighted by Crippen LogP contribution is 2.33. The highest BCUT2D eigenvalue weighted by molar-refractivity contribution is 5.30. The number of piperidine rings is 1. The van der Waals surface area contributed by atoms with E-state index in [1.165, 1.54) is 19.2 Å². The minimum Gasteiger partial charge on any atom is -0.494 e. The minimum atomic E-state index is -1.09. The predicted molar refractivity (Wildman–Crippen MR) is 62.4 cm³/mol. The van der Waals surface area contributed by atoms with E-state index in [1.54, 1.807) is 6.07 Å². The van der Waals surface area contributed by atoms with Crippen LogP contribution < -0.4 is 10.1 Å². The molecule has 1 heterocycles. The van der Waals surface area contributed by atoms with Gasteiger partial charge in [0.2, 0.25) is 0 Å². The fourth-order valence-electron chi connectivity index (χ4n) is 2.26. The van der Waals surface area contributed by atoms with E-state index in [4.69, 9.17) is 4.74 Å². The predicted octanol–water partition coefficient (Wildman–Crippen LogP) is 2.84. The molecule has 1 N–H and O–H groups in total. The Hall–Kier alpha value is -1.16. The summed E-state index contributed by atoms with van der Waals surface area (Å²) in [6, 6.07) is 4.33. The molecule has 0 saturated carbocycles. The zero-order valence-corrected chi connectivity index (χ0v) is 9.88. The van der Waals surface area contributed by atoms with Gasteiger partial charge in [-0.25, -0.2) is 8.78 Å². The normalized spacial score (nSPS) is 19.0. The van der Waals surface area contributed by atoms with Gasteiger partial charge < -0.3 is 10.1 Å². The molecule has 1 aliphatic rings. The largest absolute Gasteiger partial charge is 0.494 e. The third kappa shape index (κ3) is 2.75. The van der Waals surface area contributed by atoms with Crippen LogP contribution >= 0.6 is 0 Å². The summed E-state index contributed by atoms with van der Waals surface area (Å²) in [5.41, 5.74) is 0.412. The van der Waals surface area contributed by atoms with Crippen LogP contribution in [0.2, 0.25) is 0 Å². The van der Waals surface area contributed by atoms with Crippen molar-refractivity contribution in [3.8, 4) is 5.75 Å². The van der Waals surface area contributed by atoms with Crippen LogP contribution in [-0.4, -0.2) is 20.2 Å². The number of alkyl halides is 1. The average Bonchev–Trinajstić information content (AvgIpc) is 2.39. The van der Waals surface area contributed by atoms with Gasteiger partial charge in [-0.1, -0.05) is 6.07 Å². The lowest BCUT2D eigenvalue weighted by atomic mass is 9.89. The van der Waals surface area contributed by atoms with E-state index >= 15 is 0 Å². The number of nitrogens with one attached hydrogen (secondary N) is 1. The monoisotopic (exact) mass is 241 g/mol. The molecular weight excluding hydrogens is 224 g/mol. The lowest BCUT2D eigenvalue weighted by molar-refractivity contribution is 0.190. The Morgan fingerprint density at radius 1 is 1.35 bits per heavy atom. The first-order valence-corrected chi connectivity index (χ1v) is 5.90. The highest BCUT2D eigenvalue weighted by Gasteiger charge is 2.25. The van der Waals surface area contributed by atoms with Gasteiger partial charge in [0.1, 0.15) is 6.17 Å². The Morgan fingerprint density at radius 2 is 2.06 bits per heavy atom. The van der Waals surface area contributed by atoms with Crippen LogP contribution in [0.3, 0.4) is 0 Å². The molecule has 4 heteroatoms. The van der Waals surface area contributed by atoms with Crippen molar-refractivity contribution < 1.29 is 13.5 Å². The maximum atomic E-state index is 14.2. The maximum absolute atomic E-state index is 14.2. The van der Waals surface area contributed by atoms with Crippen LogP contribution in [0.5, 0.6) is 5.75 Å². The van der Waals surface area contributed by atoms with Crippen molar-refractivity contribution in [1.29, 1.82) is 0 Å². The van der Waals surface area contributed by atoms with Crippen molar-refractivity contribution in [3.63, 3.8) is 0 Å². The number of hydrogen-bond donors (Lipinski definition) is 1. The first-order valence-electron chi connectivity index (χ1n) is 5.90. The smallest absolute Gasteiger partial charge is 0.165 e. The summed E-state index contributed by atoms with van der Waals surface area (Å²) in [7, 11) is 1.40. The summed E-state index contributed by atoms with van der Waals surface area (Å²) in [5.74, 6) is -0.350. The maximum Gasteiger partial charge on any atom is 0.165 e. The minimum absolute atomic E-state index is 0.0101. The fraction of sp³-hybridized carbons (Fsp3) is 0.538. The Morgan fingerprint density at radius 3 is 2.65 bits per heavy atom. The number of rotatable bonds is 3. The summed E-state index contributed by atoms with van der Waals surface area (Å²) >= 11 is 0. The quantitative estimate of drug-likeness (QED) is 0.878. The Bertz CT molecular complexity index is 378. The molecule has 1 saturated heterocycles. The molecular formula is C13H17F2NO. The van der Waals surface area contributed by atoms with Crippen molar-refractivity contribution in [2.45, 2.75) is 19.0 Å². The molecule has 0 amide bonds. The second-order valence-electron chi connectivity index (χ2n) is 4.38. The molecule has 2 rings (SSSR count). The van der Waals surface area contributed by atoms with E-state index in [-0.39, 0.29) is 11.7 Å². The molecule has 1 fully saturated rings. The van der Waals surface area contributed by atoms with Gasteiger partial charge in [-0.15, -0.1) is 0 Å². The molecule has 17 heavy (non-hydrogen) atoms. The van der Waals surface area contributed by atoms with E-state index in [0.29, 0.717) is 5.56 Å². The topological polar surface area (TPSA) is 21.3 Å². The standard InChI is InChI=1S/C13H17F2NO/c1-17-12-3-2-10(8-11(12)14)13(15)9-4-6-16-7-5-9/h2-3,8-9,13,16H,4-7H2,1H3. The van der Waals surface area contributed by atoms with Crippen LogP contribution in [-0.2, 0) is 0 Å². The van der Waals surface area contributed by atoms with Gasteiger partial charge in [-0.2, -0.15) is 0 Å². The molecule has 0 aromatic heterocycles. The summed E-state index contributed by atoms with van der Waals surface area (Å²) in [6.07, 6.45) is 0.515. The van der Waals surface area contributed by atoms with Crippen LogP contribution in [0.1, 0.15) is 24.6 Å². The molecule has 0 radical (unpaired) electrons. The highest BCUT2D eigenvalue weighted by atomic mass is 19.1. The van der Waals surface area contributed by atoms with Gasteiger partial charge in [0, 0.05) is 0 Å². The van der Waals surface area contributed by atoms with Crippen LogP contribution in [0, 0.1) is 11.7 Å². The third-order valence-electron chi connectivity index (χ3n) is 3.29. The fourth-order valence-corrected chi connectivity index (χ4v) is 2.26. The molecule has 94 valence electrons. The summed E-state index contributed by atoms with van der Waals surface area (Å²) < 4.78 is 32.5. The first-order chi connectivity index (χ1) is 8.22. The summed E-state index contributed by atoms with van der Waals surface area (Å²) in [6.45, 7) is 1.67. The van der Waals surface area contributed by atoms with Gasteiger partial charge in [0.25, 0.3) is 0 Å². The Labute approximate surface area is 100.0 Å². The molecule has 1 unspecified atom stereocenters. The molecule has 2 nitrogen and oxygen atoms in total. The van der Waals surface area contributed by atoms with Gasteiger partial charge in [-0.3, -0.25) is 0 Å². The second-order valence-corrected chi connectivity index (χ2v) is 4.38. The number of halogens is 2. The number of methoxy groups -OCH3 is 1. The Balaban J connectivity index is 2.12. The van der Waals surface area contributed by atoms with Gasteiger partial charge in [-0.05, 0) is 49.5 Å². The van der Waals surface area contributed by atoms with Crippen molar-refractivity contribution >= 4 is 0 Å². The lowest BCUT2D eigenvalue weighted by Gasteiger charge is -2.26. The number of benzene rings is 1. The molecule has 1 aromatic carbocycles. The number of hydrogen-bond acceptors (Lipinski definition) is 2. The second kappa shape index (κ2) is 5.45. The molecule has 1 aliphatic heterocycles. The van der Waals surface area contributed by atoms with E-state index in [9.17, 15) is 8.78 Å². The van der Waals surface area contributed by atoms with E-state index < -0.39 is 12.0 Å². The van der Waals surface area contributed by atoms with Crippen LogP contribution in [0.4, 0.5) is 8.78 Å². The molecule has 1 atom stereocenters. The SMILES string of the molecule is COc1ccc(C(F)C2CCNCC2)cc1F. The zero-order chi connectivity index (χ0) is 12.3. The lowest BCUT2D eigenvalue weighted by Crippen LogP contribution is -2.29. The van der Waals surface area contributed by atoms with E-state index in [2.05, 4.69) is 5.32 Å². The molecule has 1 aromatic rings.